The lowest BCUT2D eigenvalue weighted by atomic mass is 9.80. The average molecular weight is 424 g/mol. The quantitative estimate of drug-likeness (QED) is 0.709. The Bertz CT molecular complexity index is 908. The van der Waals surface area contributed by atoms with Crippen molar-refractivity contribution in [3.05, 3.63) is 11.6 Å². The molecule has 1 aromatic heterocycles. The van der Waals surface area contributed by atoms with E-state index in [1.165, 1.54) is 12.8 Å². The summed E-state index contributed by atoms with van der Waals surface area (Å²) < 4.78 is 24.6. The first-order valence-corrected chi connectivity index (χ1v) is 12.5. The Hall–Kier alpha value is -1.97. The van der Waals surface area contributed by atoms with Gasteiger partial charge in [-0.25, -0.2) is 8.42 Å². The number of rotatable bonds is 6. The second-order valence-corrected chi connectivity index (χ2v) is 11.2. The molecule has 9 nitrogen and oxygen atoms in total. The summed E-state index contributed by atoms with van der Waals surface area (Å²) in [5.41, 5.74) is 0.00318. The van der Waals surface area contributed by atoms with E-state index in [4.69, 9.17) is 0 Å². The predicted octanol–water partition coefficient (Wildman–Crippen LogP) is 0.408. The Morgan fingerprint density at radius 2 is 1.93 bits per heavy atom. The third-order valence-electron chi connectivity index (χ3n) is 6.50. The summed E-state index contributed by atoms with van der Waals surface area (Å²) in [7, 11) is -3.14. The number of nitrogens with zero attached hydrogens (tertiary/aromatic N) is 4. The van der Waals surface area contributed by atoms with Crippen molar-refractivity contribution in [3.8, 4) is 0 Å². The van der Waals surface area contributed by atoms with Crippen LogP contribution in [0.4, 0.5) is 0 Å². The van der Waals surface area contributed by atoms with Crippen LogP contribution in [0.25, 0.3) is 0 Å². The van der Waals surface area contributed by atoms with Gasteiger partial charge in [0.15, 0.2) is 0 Å². The Balaban J connectivity index is 1.37. The molecule has 1 atom stereocenters. The van der Waals surface area contributed by atoms with Crippen LogP contribution in [0.5, 0.6) is 0 Å². The van der Waals surface area contributed by atoms with Crippen LogP contribution < -0.4 is 5.32 Å². The molecule has 29 heavy (non-hydrogen) atoms. The van der Waals surface area contributed by atoms with Crippen LogP contribution in [0.3, 0.4) is 0 Å². The molecule has 4 rings (SSSR count). The van der Waals surface area contributed by atoms with E-state index in [0.717, 1.165) is 37.8 Å². The molecular formula is C19H29N5O4S. The molecule has 3 heterocycles. The first-order chi connectivity index (χ1) is 13.7. The van der Waals surface area contributed by atoms with Gasteiger partial charge < -0.3 is 14.8 Å². The fourth-order valence-corrected chi connectivity index (χ4v) is 4.94. The molecule has 1 unspecified atom stereocenters. The van der Waals surface area contributed by atoms with Gasteiger partial charge in [0.2, 0.25) is 11.7 Å². The van der Waals surface area contributed by atoms with Crippen LogP contribution in [-0.2, 0) is 27.6 Å². The predicted molar refractivity (Wildman–Crippen MR) is 106 cm³/mol. The number of carbonyl (C=O) groups is 2. The molecule has 0 aromatic carbocycles. The third-order valence-corrected chi connectivity index (χ3v) is 7.45. The maximum Gasteiger partial charge on any atom is 0.289 e. The van der Waals surface area contributed by atoms with Crippen molar-refractivity contribution in [1.82, 2.24) is 25.0 Å². The molecule has 1 N–H and O–H groups in total. The molecule has 1 spiro atoms. The van der Waals surface area contributed by atoms with Gasteiger partial charge in [-0.2, -0.15) is 0 Å². The molecule has 2 aliphatic heterocycles. The summed E-state index contributed by atoms with van der Waals surface area (Å²) in [6.45, 7) is 2.68. The summed E-state index contributed by atoms with van der Waals surface area (Å²) in [4.78, 5) is 26.7. The summed E-state index contributed by atoms with van der Waals surface area (Å²) in [6, 6.07) is 0. The van der Waals surface area contributed by atoms with E-state index in [1.54, 1.807) is 4.90 Å². The third kappa shape index (κ3) is 4.79. The van der Waals surface area contributed by atoms with E-state index >= 15 is 0 Å². The highest BCUT2D eigenvalue weighted by molar-refractivity contribution is 7.90. The first-order valence-electron chi connectivity index (χ1n) is 10.4. The van der Waals surface area contributed by atoms with E-state index in [0.29, 0.717) is 37.9 Å². The number of nitrogens with one attached hydrogen (secondary N) is 1. The van der Waals surface area contributed by atoms with E-state index in [2.05, 4.69) is 15.5 Å². The number of likely N-dealkylation sites (tertiary alicyclic amines) is 1. The van der Waals surface area contributed by atoms with Crippen LogP contribution in [0.2, 0.25) is 0 Å². The zero-order valence-corrected chi connectivity index (χ0v) is 17.7. The van der Waals surface area contributed by atoms with E-state index < -0.39 is 9.84 Å². The van der Waals surface area contributed by atoms with Gasteiger partial charge in [0.1, 0.15) is 15.7 Å². The topological polar surface area (TPSA) is 114 Å². The number of fused-ring (bicyclic) bond motifs is 1. The normalized spacial score (nSPS) is 24.4. The largest absolute Gasteiger partial charge is 0.349 e. The van der Waals surface area contributed by atoms with Gasteiger partial charge in [-0.05, 0) is 43.4 Å². The van der Waals surface area contributed by atoms with Crippen molar-refractivity contribution in [2.75, 3.05) is 31.6 Å². The maximum atomic E-state index is 12.5. The van der Waals surface area contributed by atoms with Crippen molar-refractivity contribution in [1.29, 1.82) is 0 Å². The molecule has 1 aliphatic carbocycles. The van der Waals surface area contributed by atoms with Gasteiger partial charge in [0.25, 0.3) is 5.91 Å². The first kappa shape index (κ1) is 20.3. The highest BCUT2D eigenvalue weighted by Gasteiger charge is 2.41. The molecule has 160 valence electrons. The second-order valence-electron chi connectivity index (χ2n) is 8.94. The smallest absolute Gasteiger partial charge is 0.289 e. The van der Waals surface area contributed by atoms with Crippen LogP contribution in [-0.4, -0.2) is 71.5 Å². The average Bonchev–Trinajstić information content (AvgIpc) is 3.31. The minimum absolute atomic E-state index is 0.00318. The molecule has 1 saturated carbocycles. The lowest BCUT2D eigenvalue weighted by Gasteiger charge is -2.27. The molecule has 1 aromatic rings. The lowest BCUT2D eigenvalue weighted by Crippen LogP contribution is -2.33. The van der Waals surface area contributed by atoms with Gasteiger partial charge >= 0.3 is 0 Å². The van der Waals surface area contributed by atoms with Crippen LogP contribution in [0.1, 0.15) is 55.0 Å². The summed E-state index contributed by atoms with van der Waals surface area (Å²) in [6.07, 6.45) is 6.95. The minimum Gasteiger partial charge on any atom is -0.349 e. The van der Waals surface area contributed by atoms with Gasteiger partial charge in [0.05, 0.1) is 5.75 Å². The van der Waals surface area contributed by atoms with Gasteiger partial charge in [-0.3, -0.25) is 9.59 Å². The fourth-order valence-electron chi connectivity index (χ4n) is 4.40. The van der Waals surface area contributed by atoms with Crippen LogP contribution >= 0.6 is 0 Å². The SMILES string of the molecule is CS(=O)(=O)CCC(=O)N1CCC2(CCc3nnc(C(=O)NCC4CC4)n3CC2)C1. The highest BCUT2D eigenvalue weighted by atomic mass is 32.2. The van der Waals surface area contributed by atoms with Crippen LogP contribution in [0, 0.1) is 11.3 Å². The monoisotopic (exact) mass is 423 g/mol. The standard InChI is InChI=1S/C19H29N5O4S/c1-29(27,28)11-5-16(25)23-9-7-19(13-23)6-4-15-21-22-17(24(15)10-8-19)18(26)20-12-14-2-3-14/h14H,2-13H2,1H3,(H,20,26). The van der Waals surface area contributed by atoms with E-state index in [-0.39, 0.29) is 29.4 Å². The molecule has 3 aliphatic rings. The van der Waals surface area contributed by atoms with E-state index in [1.807, 2.05) is 4.57 Å². The molecule has 2 amide bonds. The number of carbonyl (C=O) groups excluding carboxylic acids is 2. The van der Waals surface area contributed by atoms with E-state index in [9.17, 15) is 18.0 Å². The zero-order valence-electron chi connectivity index (χ0n) is 16.9. The van der Waals surface area contributed by atoms with Crippen molar-refractivity contribution in [2.45, 2.75) is 51.5 Å². The summed E-state index contributed by atoms with van der Waals surface area (Å²) in [5, 5.41) is 11.3. The molecule has 1 saturated heterocycles. The highest BCUT2D eigenvalue weighted by Crippen LogP contribution is 2.41. The maximum absolute atomic E-state index is 12.5. The van der Waals surface area contributed by atoms with Crippen molar-refractivity contribution >= 4 is 21.7 Å². The zero-order chi connectivity index (χ0) is 20.6. The Kier molecular flexibility index (Phi) is 5.39. The number of hydrogen-bond acceptors (Lipinski definition) is 6. The molecule has 0 bridgehead atoms. The molecular weight excluding hydrogens is 394 g/mol. The fraction of sp³-hybridized carbons (Fsp3) is 0.789. The van der Waals surface area contributed by atoms with Crippen LogP contribution in [0.15, 0.2) is 0 Å². The van der Waals surface area contributed by atoms with Gasteiger partial charge in [-0.15, -0.1) is 10.2 Å². The van der Waals surface area contributed by atoms with Crippen molar-refractivity contribution < 1.29 is 18.0 Å². The van der Waals surface area contributed by atoms with Crippen molar-refractivity contribution in [2.24, 2.45) is 11.3 Å². The Morgan fingerprint density at radius 3 is 2.66 bits per heavy atom. The molecule has 10 heteroatoms. The number of aryl methyl sites for hydroxylation is 1. The Morgan fingerprint density at radius 1 is 1.17 bits per heavy atom. The van der Waals surface area contributed by atoms with Gasteiger partial charge in [-0.1, -0.05) is 0 Å². The molecule has 0 radical (unpaired) electrons. The molecule has 2 fully saturated rings. The second kappa shape index (κ2) is 7.70. The van der Waals surface area contributed by atoms with Gasteiger partial charge in [0, 0.05) is 45.3 Å². The minimum atomic E-state index is -3.14. The number of sulfone groups is 1. The number of hydrogen-bond donors (Lipinski definition) is 1. The van der Waals surface area contributed by atoms with Crippen molar-refractivity contribution in [3.63, 3.8) is 0 Å². The Labute approximate surface area is 171 Å². The summed E-state index contributed by atoms with van der Waals surface area (Å²) >= 11 is 0. The number of aromatic nitrogens is 3. The lowest BCUT2D eigenvalue weighted by molar-refractivity contribution is -0.130. The number of amides is 2. The summed E-state index contributed by atoms with van der Waals surface area (Å²) in [5.74, 6) is 1.48.